The van der Waals surface area contributed by atoms with Gasteiger partial charge in [0.1, 0.15) is 12.4 Å². The molecule has 0 unspecified atom stereocenters. The predicted molar refractivity (Wildman–Crippen MR) is 135 cm³/mol. The summed E-state index contributed by atoms with van der Waals surface area (Å²) in [7, 11) is -4.16. The third kappa shape index (κ3) is 5.82. The minimum Gasteiger partial charge on any atom is -0.481 e. The van der Waals surface area contributed by atoms with E-state index in [-0.39, 0.29) is 55.4 Å². The number of nitrogens with zero attached hydrogens (tertiary/aromatic N) is 1. The lowest BCUT2D eigenvalue weighted by atomic mass is 9.94. The molecule has 2 aromatic rings. The fraction of sp³-hybridized carbons (Fsp3) is 0.360. The van der Waals surface area contributed by atoms with Crippen molar-refractivity contribution in [3.05, 3.63) is 59.2 Å². The van der Waals surface area contributed by atoms with E-state index in [4.69, 9.17) is 4.74 Å². The summed E-state index contributed by atoms with van der Waals surface area (Å²) in [6.45, 7) is 4.53. The molecular formula is C25H29ClN2O7S. The molecule has 0 atom stereocenters. The number of carbonyl (C=O) groups is 2. The molecule has 3 rings (SSSR count). The van der Waals surface area contributed by atoms with E-state index < -0.39 is 26.5 Å². The normalized spacial score (nSPS) is 15.1. The smallest absolute Gasteiger partial charge is 0.335 e. The molecule has 36 heavy (non-hydrogen) atoms. The summed E-state index contributed by atoms with van der Waals surface area (Å²) < 4.78 is 30.8. The van der Waals surface area contributed by atoms with Crippen LogP contribution in [0.4, 0.5) is 0 Å². The zero-order valence-electron chi connectivity index (χ0n) is 20.0. The lowest BCUT2D eigenvalue weighted by molar-refractivity contribution is -0.133. The fourth-order valence-electron chi connectivity index (χ4n) is 4.25. The highest BCUT2D eigenvalue weighted by Gasteiger charge is 2.52. The second-order valence-electron chi connectivity index (χ2n) is 8.30. The fourth-order valence-corrected chi connectivity index (χ4v) is 6.21. The van der Waals surface area contributed by atoms with Crippen LogP contribution in [0.25, 0.3) is 0 Å². The number of sulfone groups is 1. The molecule has 0 aliphatic carbocycles. The van der Waals surface area contributed by atoms with Gasteiger partial charge >= 0.3 is 5.97 Å². The molecule has 0 aromatic heterocycles. The molecule has 3 N–H and O–H groups in total. The second-order valence-corrected chi connectivity index (χ2v) is 10.6. The van der Waals surface area contributed by atoms with Crippen LogP contribution in [0.15, 0.2) is 47.4 Å². The molecule has 0 saturated carbocycles. The lowest BCUT2D eigenvalue weighted by Crippen LogP contribution is -2.57. The summed E-state index contributed by atoms with van der Waals surface area (Å²) in [5.41, 5.74) is 3.22. The Balaban J connectivity index is 0.00000456. The van der Waals surface area contributed by atoms with Crippen LogP contribution < -0.4 is 10.2 Å². The summed E-state index contributed by atoms with van der Waals surface area (Å²) in [5.74, 6) is 3.91. The van der Waals surface area contributed by atoms with Gasteiger partial charge in [-0.05, 0) is 68.1 Å². The molecule has 1 heterocycles. The predicted octanol–water partition coefficient (Wildman–Crippen LogP) is 2.83. The van der Waals surface area contributed by atoms with E-state index >= 15 is 0 Å². The number of benzene rings is 2. The van der Waals surface area contributed by atoms with Crippen LogP contribution in [0.5, 0.6) is 5.75 Å². The number of piperidine rings is 1. The number of hydrogen-bond donors (Lipinski definition) is 3. The Kier molecular flexibility index (Phi) is 9.90. The Morgan fingerprint density at radius 1 is 1.14 bits per heavy atom. The van der Waals surface area contributed by atoms with Gasteiger partial charge in [0.15, 0.2) is 14.6 Å². The number of ether oxygens (including phenoxy) is 1. The molecule has 2 aromatic carbocycles. The molecule has 0 spiro atoms. The van der Waals surface area contributed by atoms with Crippen LogP contribution in [0.1, 0.15) is 41.3 Å². The Morgan fingerprint density at radius 2 is 1.78 bits per heavy atom. The van der Waals surface area contributed by atoms with Crippen LogP contribution in [0.3, 0.4) is 0 Å². The van der Waals surface area contributed by atoms with Gasteiger partial charge < -0.3 is 9.84 Å². The minimum atomic E-state index is -4.16. The molecule has 1 saturated heterocycles. The largest absolute Gasteiger partial charge is 0.481 e. The quantitative estimate of drug-likeness (QED) is 0.266. The van der Waals surface area contributed by atoms with Crippen molar-refractivity contribution in [1.82, 2.24) is 10.4 Å². The van der Waals surface area contributed by atoms with E-state index in [2.05, 4.69) is 11.8 Å². The van der Waals surface area contributed by atoms with Crippen LogP contribution in [0, 0.1) is 18.8 Å². The molecule has 1 amide bonds. The topological polar surface area (TPSA) is 133 Å². The number of carboxylic acid groups (broad SMARTS) is 1. The van der Waals surface area contributed by atoms with Crippen LogP contribution in [-0.4, -0.2) is 60.0 Å². The number of hydrogen-bond acceptors (Lipinski definition) is 7. The monoisotopic (exact) mass is 536 g/mol. The maximum absolute atomic E-state index is 13.6. The van der Waals surface area contributed by atoms with Crippen molar-refractivity contribution in [1.29, 1.82) is 0 Å². The maximum atomic E-state index is 13.6. The van der Waals surface area contributed by atoms with Gasteiger partial charge in [0.25, 0.3) is 5.91 Å². The van der Waals surface area contributed by atoms with Gasteiger partial charge in [-0.15, -0.1) is 18.3 Å². The first kappa shape index (κ1) is 29.1. The molecular weight excluding hydrogens is 508 g/mol. The van der Waals surface area contributed by atoms with E-state index in [0.29, 0.717) is 17.9 Å². The number of carboxylic acids is 1. The average molecular weight is 537 g/mol. The lowest BCUT2D eigenvalue weighted by Gasteiger charge is -2.39. The number of aromatic carboxylic acids is 1. The Morgan fingerprint density at radius 3 is 2.33 bits per heavy atom. The summed E-state index contributed by atoms with van der Waals surface area (Å²) in [6, 6.07) is 10.8. The molecule has 11 heteroatoms. The number of halogens is 1. The third-order valence-corrected chi connectivity index (χ3v) is 8.90. The van der Waals surface area contributed by atoms with Gasteiger partial charge in [0, 0.05) is 19.6 Å². The van der Waals surface area contributed by atoms with Crippen LogP contribution >= 0.6 is 12.4 Å². The van der Waals surface area contributed by atoms with Gasteiger partial charge in [-0.2, -0.15) is 0 Å². The van der Waals surface area contributed by atoms with Crippen molar-refractivity contribution >= 4 is 34.1 Å². The number of nitrogens with one attached hydrogen (secondary N) is 1. The first-order chi connectivity index (χ1) is 16.7. The minimum absolute atomic E-state index is 0. The SMILES string of the molecule is CC#CCOc1ccc(S(=O)(=O)C2(C(=O)NO)CCN(Cc3cccc(C(=O)O)c3C)CC2)cc1.Cl. The highest BCUT2D eigenvalue weighted by molar-refractivity contribution is 7.93. The summed E-state index contributed by atoms with van der Waals surface area (Å²) in [5, 5.41) is 18.7. The van der Waals surface area contributed by atoms with Gasteiger partial charge in [-0.25, -0.2) is 18.7 Å². The van der Waals surface area contributed by atoms with Crippen molar-refractivity contribution in [2.45, 2.75) is 42.9 Å². The molecule has 9 nitrogen and oxygen atoms in total. The third-order valence-electron chi connectivity index (χ3n) is 6.39. The van der Waals surface area contributed by atoms with E-state index in [0.717, 1.165) is 5.56 Å². The Bertz CT molecular complexity index is 1260. The Hall–Kier alpha value is -3.10. The van der Waals surface area contributed by atoms with Crippen molar-refractivity contribution in [3.63, 3.8) is 0 Å². The zero-order chi connectivity index (χ0) is 25.6. The van der Waals surface area contributed by atoms with Crippen LogP contribution in [-0.2, 0) is 21.2 Å². The number of rotatable bonds is 8. The number of carbonyl (C=O) groups excluding carboxylic acids is 1. The first-order valence-electron chi connectivity index (χ1n) is 11.0. The average Bonchev–Trinajstić information content (AvgIpc) is 2.85. The summed E-state index contributed by atoms with van der Waals surface area (Å²) >= 11 is 0. The van der Waals surface area contributed by atoms with E-state index in [1.165, 1.54) is 30.3 Å². The van der Waals surface area contributed by atoms with Gasteiger partial charge in [0.05, 0.1) is 10.5 Å². The van der Waals surface area contributed by atoms with Crippen LogP contribution in [0.2, 0.25) is 0 Å². The summed E-state index contributed by atoms with van der Waals surface area (Å²) in [6.07, 6.45) is -0.0759. The van der Waals surface area contributed by atoms with E-state index in [1.54, 1.807) is 25.4 Å². The summed E-state index contributed by atoms with van der Waals surface area (Å²) in [4.78, 5) is 26.1. The van der Waals surface area contributed by atoms with E-state index in [9.17, 15) is 28.3 Å². The first-order valence-corrected chi connectivity index (χ1v) is 12.5. The molecule has 0 bridgehead atoms. The van der Waals surface area contributed by atoms with E-state index in [1.807, 2.05) is 11.0 Å². The van der Waals surface area contributed by atoms with Crippen molar-refractivity contribution < 1.29 is 33.1 Å². The molecule has 0 radical (unpaired) electrons. The molecule has 1 aliphatic rings. The maximum Gasteiger partial charge on any atom is 0.335 e. The van der Waals surface area contributed by atoms with Gasteiger partial charge in [-0.1, -0.05) is 18.1 Å². The Labute approximate surface area is 216 Å². The highest BCUT2D eigenvalue weighted by atomic mass is 35.5. The number of hydroxylamine groups is 1. The molecule has 1 fully saturated rings. The molecule has 194 valence electrons. The second kappa shape index (κ2) is 12.2. The van der Waals surface area contributed by atoms with Gasteiger partial charge in [0.2, 0.25) is 0 Å². The number of likely N-dealkylation sites (tertiary alicyclic amines) is 1. The van der Waals surface area contributed by atoms with Crippen molar-refractivity contribution in [3.8, 4) is 17.6 Å². The zero-order valence-corrected chi connectivity index (χ0v) is 21.6. The highest BCUT2D eigenvalue weighted by Crippen LogP contribution is 2.37. The number of amides is 1. The van der Waals surface area contributed by atoms with Gasteiger partial charge in [-0.3, -0.25) is 14.9 Å². The van der Waals surface area contributed by atoms with Crippen molar-refractivity contribution in [2.24, 2.45) is 0 Å². The standard InChI is InChI=1S/C25H28N2O7S.ClH/c1-3-4-16-34-20-8-10-21(11-9-20)35(32,33)25(24(30)26-31)12-14-27(15-13-25)17-19-6-5-7-22(18(19)2)23(28)29;/h5-11,31H,12-17H2,1-2H3,(H,26,30)(H,28,29);1H. The van der Waals surface area contributed by atoms with Crippen molar-refractivity contribution in [2.75, 3.05) is 19.7 Å². The molecule has 1 aliphatic heterocycles.